The van der Waals surface area contributed by atoms with Crippen molar-refractivity contribution in [2.75, 3.05) is 0 Å². The van der Waals surface area contributed by atoms with Crippen LogP contribution in [0.15, 0.2) is 29.2 Å². The van der Waals surface area contributed by atoms with E-state index in [-0.39, 0.29) is 56.9 Å². The van der Waals surface area contributed by atoms with Crippen LogP contribution in [0.2, 0.25) is 0 Å². The molecule has 0 atom stereocenters. The van der Waals surface area contributed by atoms with Crippen LogP contribution in [0.1, 0.15) is 5.56 Å². The molecule has 0 saturated heterocycles. The van der Waals surface area contributed by atoms with Crippen molar-refractivity contribution in [3.63, 3.8) is 0 Å². The molecule has 0 amide bonds. The summed E-state index contributed by atoms with van der Waals surface area (Å²) in [5.74, 6) is 0. The Morgan fingerprint density at radius 2 is 1.67 bits per heavy atom. The van der Waals surface area contributed by atoms with Crippen molar-refractivity contribution in [2.45, 2.75) is 11.8 Å². The Morgan fingerprint density at radius 1 is 1.25 bits per heavy atom. The predicted molar refractivity (Wildman–Crippen MR) is 46.8 cm³/mol. The molecule has 0 fully saturated rings. The summed E-state index contributed by atoms with van der Waals surface area (Å²) in [6.45, 7) is 1.98. The summed E-state index contributed by atoms with van der Waals surface area (Å²) in [6, 6.07) is 7.38. The monoisotopic (exact) mass is 227 g/mol. The van der Waals surface area contributed by atoms with Crippen LogP contribution in [-0.2, 0) is 24.8 Å². The molecule has 1 N–H and O–H groups in total. The van der Waals surface area contributed by atoms with E-state index in [1.165, 1.54) is 0 Å². The van der Waals surface area contributed by atoms with Crippen molar-refractivity contribution < 1.29 is 61.1 Å². The minimum absolute atomic E-state index is 0. The quantitative estimate of drug-likeness (QED) is 0.438. The van der Waals surface area contributed by atoms with Crippen LogP contribution in [0, 0.1) is 6.92 Å². The second-order valence-corrected chi connectivity index (χ2v) is 3.90. The molecular weight excluding hydrogens is 219 g/mol. The summed E-state index contributed by atoms with van der Waals surface area (Å²) in [7, 11) is -1.25. The molecule has 0 aromatic heterocycles. The summed E-state index contributed by atoms with van der Waals surface area (Å²) < 4.78 is 10.7. The minimum atomic E-state index is -1.25. The Bertz CT molecular complexity index is 285. The van der Waals surface area contributed by atoms with Gasteiger partial charge in [-0.25, -0.2) is 11.2 Å². The Labute approximate surface area is 121 Å². The third kappa shape index (κ3) is 5.03. The molecular formula is C7H8KO2S2-. The molecule has 2 nitrogen and oxygen atoms in total. The van der Waals surface area contributed by atoms with Gasteiger partial charge < -0.3 is 9.69 Å². The maximum Gasteiger partial charge on any atom is 1.00 e. The number of hydrogen-bond donors (Lipinski definition) is 0. The van der Waals surface area contributed by atoms with Gasteiger partial charge in [-0.1, -0.05) is 29.8 Å². The van der Waals surface area contributed by atoms with Gasteiger partial charge in [0.05, 0.1) is 0 Å². The van der Waals surface area contributed by atoms with Crippen molar-refractivity contribution in [2.24, 2.45) is 0 Å². The van der Waals surface area contributed by atoms with Gasteiger partial charge in [0, 0.05) is 0 Å². The molecule has 0 aliphatic rings. The summed E-state index contributed by atoms with van der Waals surface area (Å²) in [4.78, 5) is 0.709. The fourth-order valence-corrected chi connectivity index (χ4v) is 1.34. The molecule has 0 bridgehead atoms. The molecule has 62 valence electrons. The SMILES string of the molecule is Cc1ccc([S-](=O)=S)cc1.[K+].[OH-]. The molecule has 0 saturated carbocycles. The molecule has 1 aromatic carbocycles. The molecule has 0 spiro atoms. The second kappa shape index (κ2) is 7.58. The van der Waals surface area contributed by atoms with Crippen LogP contribution in [0.3, 0.4) is 0 Å². The Balaban J connectivity index is 0. The predicted octanol–water partition coefficient (Wildman–Crippen LogP) is -1.39. The van der Waals surface area contributed by atoms with E-state index in [2.05, 4.69) is 11.2 Å². The van der Waals surface area contributed by atoms with Crippen molar-refractivity contribution in [3.8, 4) is 0 Å². The van der Waals surface area contributed by atoms with Crippen LogP contribution in [0.4, 0.5) is 0 Å². The van der Waals surface area contributed by atoms with Gasteiger partial charge in [-0.2, -0.15) is 9.36 Å². The van der Waals surface area contributed by atoms with E-state index >= 15 is 0 Å². The maximum atomic E-state index is 10.7. The zero-order valence-electron chi connectivity index (χ0n) is 6.98. The molecule has 0 unspecified atom stereocenters. The zero-order valence-corrected chi connectivity index (χ0v) is 11.7. The van der Waals surface area contributed by atoms with E-state index in [1.54, 1.807) is 12.1 Å². The number of benzene rings is 1. The molecule has 12 heavy (non-hydrogen) atoms. The Kier molecular flexibility index (Phi) is 9.88. The van der Waals surface area contributed by atoms with Gasteiger partial charge >= 0.3 is 51.4 Å². The fraction of sp³-hybridized carbons (Fsp3) is 0.143. The zero-order chi connectivity index (χ0) is 7.56. The molecule has 0 aliphatic carbocycles. The fourth-order valence-electron chi connectivity index (χ4n) is 0.649. The van der Waals surface area contributed by atoms with Crippen molar-refractivity contribution in [3.05, 3.63) is 29.8 Å². The van der Waals surface area contributed by atoms with E-state index in [0.29, 0.717) is 4.90 Å². The van der Waals surface area contributed by atoms with Crippen LogP contribution in [-0.4, -0.2) is 5.48 Å². The van der Waals surface area contributed by atoms with Gasteiger partial charge in [0.1, 0.15) is 0 Å². The van der Waals surface area contributed by atoms with E-state index < -0.39 is 9.36 Å². The van der Waals surface area contributed by atoms with Gasteiger partial charge in [0.2, 0.25) is 0 Å². The molecule has 5 heteroatoms. The number of hydrogen-bond acceptors (Lipinski definition) is 4. The van der Waals surface area contributed by atoms with E-state index in [4.69, 9.17) is 0 Å². The summed E-state index contributed by atoms with van der Waals surface area (Å²) >= 11 is 4.56. The van der Waals surface area contributed by atoms with E-state index in [9.17, 15) is 4.21 Å². The average Bonchev–Trinajstić information content (AvgIpc) is 1.88. The first kappa shape index (κ1) is 15.6. The normalized spacial score (nSPS) is 8.50. The van der Waals surface area contributed by atoms with Gasteiger partial charge in [-0.05, 0) is 6.92 Å². The second-order valence-electron chi connectivity index (χ2n) is 2.05. The van der Waals surface area contributed by atoms with Crippen LogP contribution >= 0.6 is 0 Å². The largest absolute Gasteiger partial charge is 1.00 e. The summed E-state index contributed by atoms with van der Waals surface area (Å²) in [5, 5.41) is 0. The summed E-state index contributed by atoms with van der Waals surface area (Å²) in [5.41, 5.74) is 1.16. The van der Waals surface area contributed by atoms with E-state index in [1.807, 2.05) is 19.1 Å². The van der Waals surface area contributed by atoms with Crippen molar-refractivity contribution >= 4 is 20.5 Å². The first-order chi connectivity index (χ1) is 4.70. The molecule has 0 heterocycles. The third-order valence-electron chi connectivity index (χ3n) is 1.21. The van der Waals surface area contributed by atoms with E-state index in [0.717, 1.165) is 5.56 Å². The van der Waals surface area contributed by atoms with Gasteiger partial charge in [0.15, 0.2) is 0 Å². The molecule has 0 radical (unpaired) electrons. The number of rotatable bonds is 1. The molecule has 1 rings (SSSR count). The van der Waals surface area contributed by atoms with Crippen LogP contribution in [0.25, 0.3) is 0 Å². The van der Waals surface area contributed by atoms with Crippen molar-refractivity contribution in [1.82, 2.24) is 0 Å². The first-order valence-electron chi connectivity index (χ1n) is 2.86. The summed E-state index contributed by atoms with van der Waals surface area (Å²) in [6.07, 6.45) is 0. The first-order valence-corrected chi connectivity index (χ1v) is 4.93. The van der Waals surface area contributed by atoms with Gasteiger partial charge in [-0.15, -0.1) is 4.90 Å². The topological polar surface area (TPSA) is 47.1 Å². The standard InChI is InChI=1S/C7H7OS2.K.H2O/c1-6-2-4-7(5-3-6)10(8)9;;/h2-5H,1H3;;1H2/q-1;+1;/p-1. The Morgan fingerprint density at radius 3 is 2.00 bits per heavy atom. The van der Waals surface area contributed by atoms with Crippen LogP contribution < -0.4 is 51.4 Å². The minimum Gasteiger partial charge on any atom is -0.870 e. The number of aryl methyl sites for hydroxylation is 1. The molecule has 1 aromatic rings. The smallest absolute Gasteiger partial charge is 0.870 e. The van der Waals surface area contributed by atoms with Crippen molar-refractivity contribution in [1.29, 1.82) is 0 Å². The van der Waals surface area contributed by atoms with Crippen LogP contribution in [0.5, 0.6) is 0 Å². The average molecular weight is 227 g/mol. The van der Waals surface area contributed by atoms with Gasteiger partial charge in [0.25, 0.3) is 0 Å². The Hall–Kier alpha value is 1.19. The molecule has 0 aliphatic heterocycles. The third-order valence-corrected chi connectivity index (χ3v) is 2.45. The maximum absolute atomic E-state index is 10.7. The van der Waals surface area contributed by atoms with Gasteiger partial charge in [-0.3, -0.25) is 0 Å².